The van der Waals surface area contributed by atoms with Gasteiger partial charge in [-0.2, -0.15) is 0 Å². The van der Waals surface area contributed by atoms with E-state index in [1.807, 2.05) is 0 Å². The van der Waals surface area contributed by atoms with Crippen LogP contribution in [0.1, 0.15) is 16.8 Å². The first-order chi connectivity index (χ1) is 8.75. The molecule has 8 heteroatoms. The van der Waals surface area contributed by atoms with E-state index in [2.05, 4.69) is 0 Å². The number of nitro groups is 1. The molecule has 5 nitrogen and oxygen atoms in total. The molecule has 1 aromatic rings. The fourth-order valence-electron chi connectivity index (χ4n) is 1.51. The molecule has 0 saturated heterocycles. The van der Waals surface area contributed by atoms with Crippen LogP contribution in [0.2, 0.25) is 0 Å². The Morgan fingerprint density at radius 2 is 1.89 bits per heavy atom. The number of nitrogens with zero attached hydrogens (tertiary/aromatic N) is 1. The summed E-state index contributed by atoms with van der Waals surface area (Å²) < 4.78 is -1.55. The normalized spacial score (nSPS) is 13.1. The van der Waals surface area contributed by atoms with Gasteiger partial charge in [0.05, 0.1) is 18.4 Å². The van der Waals surface area contributed by atoms with Crippen LogP contribution >= 0.6 is 34.8 Å². The topological polar surface area (TPSA) is 76.8 Å². The van der Waals surface area contributed by atoms with Gasteiger partial charge >= 0.3 is 0 Å². The Morgan fingerprint density at radius 3 is 2.26 bits per heavy atom. The first kappa shape index (κ1) is 16.2. The average molecular weight is 327 g/mol. The van der Waals surface area contributed by atoms with Crippen molar-refractivity contribution >= 4 is 46.3 Å². The van der Waals surface area contributed by atoms with Crippen molar-refractivity contribution in [3.05, 3.63) is 39.9 Å². The second-order valence-corrected chi connectivity index (χ2v) is 6.28. The summed E-state index contributed by atoms with van der Waals surface area (Å²) in [5.74, 6) is -0.232. The lowest BCUT2D eigenvalue weighted by Gasteiger charge is -2.19. The van der Waals surface area contributed by atoms with E-state index in [9.17, 15) is 14.9 Å². The molecule has 0 heterocycles. The van der Waals surface area contributed by atoms with Crippen LogP contribution in [-0.2, 0) is 0 Å². The minimum Gasteiger partial charge on any atom is -0.342 e. The van der Waals surface area contributed by atoms with Crippen LogP contribution in [0.3, 0.4) is 0 Å². The van der Waals surface area contributed by atoms with Gasteiger partial charge in [-0.3, -0.25) is 14.9 Å². The number of rotatable bonds is 5. The zero-order valence-corrected chi connectivity index (χ0v) is 12.2. The molecule has 0 unspecified atom stereocenters. The Bertz CT molecular complexity index is 471. The fourth-order valence-corrected chi connectivity index (χ4v) is 2.12. The molecular formula is C11H12Cl3N2O3+. The lowest BCUT2D eigenvalue weighted by Crippen LogP contribution is -2.89. The van der Waals surface area contributed by atoms with Gasteiger partial charge in [-0.1, -0.05) is 34.8 Å². The summed E-state index contributed by atoms with van der Waals surface area (Å²) in [6.07, 6.45) is 0.0326. The monoisotopic (exact) mass is 325 g/mol. The standard InChI is InChI=1S/C11H11Cl3N2O3/c1-15-10(11(12,13)14)6-9(17)7-2-4-8(5-3-7)16(18)19/h2-5,10,15H,6H2,1H3/p+1/t10-/m1/s1. The predicted octanol–water partition coefficient (Wildman–Crippen LogP) is 2.10. The lowest BCUT2D eigenvalue weighted by atomic mass is 10.0. The number of carbonyl (C=O) groups is 1. The number of halogens is 3. The van der Waals surface area contributed by atoms with Crippen LogP contribution in [0.5, 0.6) is 0 Å². The van der Waals surface area contributed by atoms with Gasteiger partial charge in [-0.25, -0.2) is 0 Å². The maximum Gasteiger partial charge on any atom is 0.269 e. The number of nitrogens with two attached hydrogens (primary N) is 1. The maximum atomic E-state index is 12.0. The van der Waals surface area contributed by atoms with Gasteiger partial charge in [0.2, 0.25) is 3.79 Å². The molecule has 0 radical (unpaired) electrons. The molecule has 1 aromatic carbocycles. The Kier molecular flexibility index (Phi) is 5.55. The summed E-state index contributed by atoms with van der Waals surface area (Å²) in [5.41, 5.74) is 0.281. The van der Waals surface area contributed by atoms with Gasteiger partial charge in [0.25, 0.3) is 5.69 Å². The third-order valence-electron chi connectivity index (χ3n) is 2.63. The fraction of sp³-hybridized carbons (Fsp3) is 0.364. The number of carbonyl (C=O) groups excluding carboxylic acids is 1. The first-order valence-corrected chi connectivity index (χ1v) is 6.53. The molecule has 1 atom stereocenters. The van der Waals surface area contributed by atoms with Crippen molar-refractivity contribution in [3.63, 3.8) is 0 Å². The van der Waals surface area contributed by atoms with E-state index in [1.165, 1.54) is 24.3 Å². The highest BCUT2D eigenvalue weighted by molar-refractivity contribution is 6.68. The second-order valence-electron chi connectivity index (χ2n) is 3.91. The molecule has 0 aliphatic heterocycles. The van der Waals surface area contributed by atoms with Gasteiger partial charge in [0.15, 0.2) is 5.78 Å². The van der Waals surface area contributed by atoms with Crippen LogP contribution in [0.15, 0.2) is 24.3 Å². The summed E-state index contributed by atoms with van der Waals surface area (Å²) >= 11 is 17.3. The summed E-state index contributed by atoms with van der Waals surface area (Å²) in [5, 5.41) is 12.2. The van der Waals surface area contributed by atoms with Crippen LogP contribution in [0.25, 0.3) is 0 Å². The minimum atomic E-state index is -1.55. The number of hydrogen-bond acceptors (Lipinski definition) is 3. The quantitative estimate of drug-likeness (QED) is 0.389. The summed E-state index contributed by atoms with van der Waals surface area (Å²) in [7, 11) is 1.70. The average Bonchev–Trinajstić information content (AvgIpc) is 2.34. The molecule has 2 N–H and O–H groups in total. The lowest BCUT2D eigenvalue weighted by molar-refractivity contribution is -0.661. The summed E-state index contributed by atoms with van der Waals surface area (Å²) in [6, 6.07) is 4.82. The Morgan fingerprint density at radius 1 is 1.37 bits per heavy atom. The van der Waals surface area contributed by atoms with Crippen molar-refractivity contribution in [2.75, 3.05) is 7.05 Å². The van der Waals surface area contributed by atoms with Crippen molar-refractivity contribution in [1.29, 1.82) is 0 Å². The van der Waals surface area contributed by atoms with Crippen LogP contribution in [-0.4, -0.2) is 27.6 Å². The molecule has 0 amide bonds. The first-order valence-electron chi connectivity index (χ1n) is 5.39. The highest BCUT2D eigenvalue weighted by Crippen LogP contribution is 2.30. The van der Waals surface area contributed by atoms with Crippen molar-refractivity contribution in [3.8, 4) is 0 Å². The Balaban J connectivity index is 2.80. The number of Topliss-reactive ketones (excluding diaryl/α,β-unsaturated/α-hetero) is 1. The molecule has 0 spiro atoms. The summed E-state index contributed by atoms with van der Waals surface area (Å²) in [4.78, 5) is 21.9. The van der Waals surface area contributed by atoms with Gasteiger partial charge in [-0.15, -0.1) is 0 Å². The van der Waals surface area contributed by atoms with E-state index in [-0.39, 0.29) is 17.9 Å². The molecule has 1 rings (SSSR count). The Labute approximate surface area is 125 Å². The van der Waals surface area contributed by atoms with E-state index in [4.69, 9.17) is 34.8 Å². The number of nitro benzene ring substituents is 1. The number of benzene rings is 1. The van der Waals surface area contributed by atoms with Gasteiger partial charge < -0.3 is 5.32 Å². The third-order valence-corrected chi connectivity index (χ3v) is 3.47. The van der Waals surface area contributed by atoms with Crippen LogP contribution < -0.4 is 5.32 Å². The molecule has 0 aliphatic carbocycles. The highest BCUT2D eigenvalue weighted by atomic mass is 35.6. The van der Waals surface area contributed by atoms with Crippen LogP contribution in [0, 0.1) is 10.1 Å². The second kappa shape index (κ2) is 6.52. The minimum absolute atomic E-state index is 0.0326. The number of quaternary nitrogens is 1. The predicted molar refractivity (Wildman–Crippen MR) is 74.0 cm³/mol. The SMILES string of the molecule is C[NH2+][C@H](CC(=O)c1ccc([N+](=O)[O-])cc1)C(Cl)(Cl)Cl. The molecule has 0 fully saturated rings. The largest absolute Gasteiger partial charge is 0.342 e. The van der Waals surface area contributed by atoms with Gasteiger partial charge in [-0.05, 0) is 12.1 Å². The third kappa shape index (κ3) is 4.62. The van der Waals surface area contributed by atoms with E-state index in [0.717, 1.165) is 0 Å². The number of hydrogen-bond donors (Lipinski definition) is 1. The van der Waals surface area contributed by atoms with Crippen LogP contribution in [0.4, 0.5) is 5.69 Å². The van der Waals surface area contributed by atoms with E-state index >= 15 is 0 Å². The molecule has 19 heavy (non-hydrogen) atoms. The van der Waals surface area contributed by atoms with E-state index < -0.39 is 14.8 Å². The molecule has 0 saturated carbocycles. The van der Waals surface area contributed by atoms with E-state index in [0.29, 0.717) is 5.56 Å². The summed E-state index contributed by atoms with van der Waals surface area (Å²) in [6.45, 7) is 0. The zero-order chi connectivity index (χ0) is 14.6. The van der Waals surface area contributed by atoms with Crippen molar-refractivity contribution < 1.29 is 15.0 Å². The van der Waals surface area contributed by atoms with Gasteiger partial charge in [0.1, 0.15) is 6.04 Å². The molecule has 0 aliphatic rings. The number of non-ortho nitro benzene ring substituents is 1. The number of ketones is 1. The maximum absolute atomic E-state index is 12.0. The molecular weight excluding hydrogens is 314 g/mol. The molecule has 0 aromatic heterocycles. The molecule has 104 valence electrons. The van der Waals surface area contributed by atoms with E-state index in [1.54, 1.807) is 12.4 Å². The van der Waals surface area contributed by atoms with Crippen molar-refractivity contribution in [2.45, 2.75) is 16.3 Å². The zero-order valence-electron chi connectivity index (χ0n) is 9.98. The number of alkyl halides is 3. The van der Waals surface area contributed by atoms with Gasteiger partial charge in [0, 0.05) is 17.7 Å². The van der Waals surface area contributed by atoms with Crippen molar-refractivity contribution in [1.82, 2.24) is 0 Å². The Hall–Kier alpha value is -0.880. The van der Waals surface area contributed by atoms with Crippen molar-refractivity contribution in [2.24, 2.45) is 0 Å². The smallest absolute Gasteiger partial charge is 0.269 e. The molecule has 0 bridgehead atoms. The highest BCUT2D eigenvalue weighted by Gasteiger charge is 2.36.